The van der Waals surface area contributed by atoms with Gasteiger partial charge >= 0.3 is 5.97 Å². The van der Waals surface area contributed by atoms with Crippen LogP contribution in [-0.4, -0.2) is 28.6 Å². The number of phenolic OH excluding ortho intramolecular Hbond substituents is 1. The number of hydrogen-bond acceptors (Lipinski definition) is 6. The minimum absolute atomic E-state index is 0.0437. The quantitative estimate of drug-likeness (QED) is 0.200. The lowest BCUT2D eigenvalue weighted by atomic mass is 9.96. The standard InChI is InChI=1S/C33H21FN2O5S2/c1-19-5-11-25(12-6-19)43(40,41)36-31(23-4-2-3-22(15-23)20-7-9-21(10-8-20)33(38)39)30(26-13-14-42-29(26)18-35)27-16-24(34)17-28(37)32(27)36/h2-17,37H,1H3,(H,38,39). The molecule has 0 aliphatic carbocycles. The third-order valence-corrected chi connectivity index (χ3v) is 9.70. The number of aromatic carboxylic acids is 1. The van der Waals surface area contributed by atoms with Gasteiger partial charge in [-0.3, -0.25) is 0 Å². The normalized spacial score (nSPS) is 11.5. The van der Waals surface area contributed by atoms with E-state index in [0.717, 1.165) is 33.0 Å². The van der Waals surface area contributed by atoms with E-state index in [4.69, 9.17) is 0 Å². The number of aryl methyl sites for hydroxylation is 1. The summed E-state index contributed by atoms with van der Waals surface area (Å²) in [7, 11) is -4.39. The Bertz CT molecular complexity index is 2210. The Morgan fingerprint density at radius 3 is 2.30 bits per heavy atom. The van der Waals surface area contributed by atoms with Crippen molar-refractivity contribution < 1.29 is 27.8 Å². The SMILES string of the molecule is Cc1ccc(S(=O)(=O)n2c(-c3cccc(-c4ccc(C(=O)O)cc4)c3)c(-c3ccsc3C#N)c3cc(F)cc(O)c32)cc1. The zero-order chi connectivity index (χ0) is 30.5. The Morgan fingerprint density at radius 1 is 0.930 bits per heavy atom. The number of thiophene rings is 1. The fourth-order valence-electron chi connectivity index (χ4n) is 5.16. The smallest absolute Gasteiger partial charge is 0.335 e. The summed E-state index contributed by atoms with van der Waals surface area (Å²) in [5, 5.41) is 32.1. The van der Waals surface area contributed by atoms with Gasteiger partial charge in [0.25, 0.3) is 10.0 Å². The van der Waals surface area contributed by atoms with Crippen molar-refractivity contribution in [2.75, 3.05) is 0 Å². The van der Waals surface area contributed by atoms with Crippen LogP contribution in [0.5, 0.6) is 5.75 Å². The Balaban J connectivity index is 1.74. The molecule has 6 rings (SSSR count). The van der Waals surface area contributed by atoms with E-state index in [-0.39, 0.29) is 37.5 Å². The molecule has 7 nitrogen and oxygen atoms in total. The zero-order valence-electron chi connectivity index (χ0n) is 22.4. The van der Waals surface area contributed by atoms with Gasteiger partial charge in [0.05, 0.1) is 16.2 Å². The first-order chi connectivity index (χ1) is 20.6. The molecule has 4 aromatic carbocycles. The summed E-state index contributed by atoms with van der Waals surface area (Å²) in [6.07, 6.45) is 0. The number of aromatic hydroxyl groups is 1. The van der Waals surface area contributed by atoms with Gasteiger partial charge in [-0.15, -0.1) is 11.3 Å². The molecular formula is C33H21FN2O5S2. The first-order valence-electron chi connectivity index (χ1n) is 12.9. The average Bonchev–Trinajstić information content (AvgIpc) is 3.60. The molecule has 0 saturated carbocycles. The van der Waals surface area contributed by atoms with Gasteiger partial charge < -0.3 is 10.2 Å². The third-order valence-electron chi connectivity index (χ3n) is 7.16. The van der Waals surface area contributed by atoms with E-state index in [1.807, 2.05) is 6.92 Å². The van der Waals surface area contributed by atoms with Crippen LogP contribution in [0.2, 0.25) is 0 Å². The molecule has 10 heteroatoms. The van der Waals surface area contributed by atoms with Crippen molar-refractivity contribution in [1.29, 1.82) is 5.26 Å². The highest BCUT2D eigenvalue weighted by Crippen LogP contribution is 2.48. The summed E-state index contributed by atoms with van der Waals surface area (Å²) in [6.45, 7) is 1.83. The van der Waals surface area contributed by atoms with Crippen LogP contribution in [0.1, 0.15) is 20.8 Å². The van der Waals surface area contributed by atoms with E-state index >= 15 is 0 Å². The van der Waals surface area contributed by atoms with Crippen molar-refractivity contribution in [3.05, 3.63) is 118 Å². The summed E-state index contributed by atoms with van der Waals surface area (Å²) in [6, 6.07) is 25.3. The fraction of sp³-hybridized carbons (Fsp3) is 0.0303. The van der Waals surface area contributed by atoms with Gasteiger partial charge in [0, 0.05) is 28.1 Å². The first-order valence-corrected chi connectivity index (χ1v) is 15.2. The molecule has 0 aliphatic heterocycles. The summed E-state index contributed by atoms with van der Waals surface area (Å²) in [4.78, 5) is 11.6. The van der Waals surface area contributed by atoms with Crippen LogP contribution in [0, 0.1) is 24.1 Å². The number of nitrogens with zero attached hydrogens (tertiary/aromatic N) is 2. The number of phenols is 1. The molecule has 0 radical (unpaired) electrons. The Hall–Kier alpha value is -5.24. The molecule has 0 bridgehead atoms. The van der Waals surface area contributed by atoms with Gasteiger partial charge in [-0.05, 0) is 65.9 Å². The van der Waals surface area contributed by atoms with Gasteiger partial charge in [0.2, 0.25) is 0 Å². The number of nitriles is 1. The largest absolute Gasteiger partial charge is 0.506 e. The second-order valence-electron chi connectivity index (χ2n) is 9.87. The van der Waals surface area contributed by atoms with Gasteiger partial charge in [0.15, 0.2) is 0 Å². The maximum Gasteiger partial charge on any atom is 0.335 e. The van der Waals surface area contributed by atoms with E-state index in [1.165, 1.54) is 24.3 Å². The number of halogens is 1. The number of carboxylic acids is 1. The van der Waals surface area contributed by atoms with Crippen LogP contribution in [-0.2, 0) is 10.0 Å². The molecule has 0 aliphatic rings. The number of fused-ring (bicyclic) bond motifs is 1. The number of benzene rings is 4. The Labute approximate surface area is 250 Å². The minimum Gasteiger partial charge on any atom is -0.506 e. The van der Waals surface area contributed by atoms with Gasteiger partial charge in [-0.1, -0.05) is 48.0 Å². The van der Waals surface area contributed by atoms with E-state index < -0.39 is 27.6 Å². The molecular weight excluding hydrogens is 588 g/mol. The maximum atomic E-state index is 14.9. The van der Waals surface area contributed by atoms with Gasteiger partial charge in [-0.2, -0.15) is 5.26 Å². The zero-order valence-corrected chi connectivity index (χ0v) is 24.1. The van der Waals surface area contributed by atoms with Crippen LogP contribution in [0.4, 0.5) is 4.39 Å². The molecule has 212 valence electrons. The van der Waals surface area contributed by atoms with Crippen LogP contribution in [0.3, 0.4) is 0 Å². The monoisotopic (exact) mass is 608 g/mol. The van der Waals surface area contributed by atoms with Crippen molar-refractivity contribution in [3.63, 3.8) is 0 Å². The predicted molar refractivity (Wildman–Crippen MR) is 163 cm³/mol. The Morgan fingerprint density at radius 2 is 1.63 bits per heavy atom. The molecule has 2 aromatic heterocycles. The molecule has 2 heterocycles. The highest BCUT2D eigenvalue weighted by molar-refractivity contribution is 7.90. The second kappa shape index (κ2) is 10.5. The van der Waals surface area contributed by atoms with E-state index in [9.17, 15) is 33.1 Å². The molecule has 2 N–H and O–H groups in total. The number of rotatable bonds is 6. The number of carbonyl (C=O) groups is 1. The van der Waals surface area contributed by atoms with Gasteiger partial charge in [0.1, 0.15) is 28.0 Å². The lowest BCUT2D eigenvalue weighted by Crippen LogP contribution is -2.14. The topological polar surface area (TPSA) is 120 Å². The predicted octanol–water partition coefficient (Wildman–Crippen LogP) is 7.66. The lowest BCUT2D eigenvalue weighted by Gasteiger charge is -2.15. The summed E-state index contributed by atoms with van der Waals surface area (Å²) in [5.41, 5.74) is 3.39. The van der Waals surface area contributed by atoms with Crippen molar-refractivity contribution in [1.82, 2.24) is 3.97 Å². The van der Waals surface area contributed by atoms with Crippen molar-refractivity contribution >= 4 is 38.2 Å². The number of aromatic nitrogens is 1. The van der Waals surface area contributed by atoms with Crippen LogP contribution in [0.25, 0.3) is 44.4 Å². The molecule has 6 aromatic rings. The van der Waals surface area contributed by atoms with Crippen LogP contribution in [0.15, 0.2) is 101 Å². The number of hydrogen-bond donors (Lipinski definition) is 2. The summed E-state index contributed by atoms with van der Waals surface area (Å²) < 4.78 is 44.7. The Kier molecular flexibility index (Phi) is 6.85. The first kappa shape index (κ1) is 27.9. The molecule has 0 fully saturated rings. The molecule has 0 atom stereocenters. The molecule has 0 saturated heterocycles. The van der Waals surface area contributed by atoms with Crippen molar-refractivity contribution in [2.45, 2.75) is 11.8 Å². The molecule has 0 unspecified atom stereocenters. The molecule has 0 spiro atoms. The fourth-order valence-corrected chi connectivity index (χ4v) is 7.41. The van der Waals surface area contributed by atoms with Crippen molar-refractivity contribution in [3.8, 4) is 45.3 Å². The third kappa shape index (κ3) is 4.74. The lowest BCUT2D eigenvalue weighted by molar-refractivity contribution is 0.0697. The average molecular weight is 609 g/mol. The van der Waals surface area contributed by atoms with E-state index in [2.05, 4.69) is 6.07 Å². The number of carboxylic acid groups (broad SMARTS) is 1. The molecule has 0 amide bonds. The second-order valence-corrected chi connectivity index (χ2v) is 12.6. The summed E-state index contributed by atoms with van der Waals surface area (Å²) in [5.74, 6) is -2.41. The summed E-state index contributed by atoms with van der Waals surface area (Å²) >= 11 is 1.16. The minimum atomic E-state index is -4.39. The highest BCUT2D eigenvalue weighted by Gasteiger charge is 2.32. The van der Waals surface area contributed by atoms with Gasteiger partial charge in [-0.25, -0.2) is 21.6 Å². The van der Waals surface area contributed by atoms with E-state index in [0.29, 0.717) is 22.3 Å². The highest BCUT2D eigenvalue weighted by atomic mass is 32.2. The van der Waals surface area contributed by atoms with Crippen molar-refractivity contribution in [2.24, 2.45) is 0 Å². The van der Waals surface area contributed by atoms with Crippen LogP contribution >= 0.6 is 11.3 Å². The van der Waals surface area contributed by atoms with Crippen LogP contribution < -0.4 is 0 Å². The maximum absolute atomic E-state index is 14.9. The van der Waals surface area contributed by atoms with E-state index in [1.54, 1.807) is 60.0 Å². The molecule has 43 heavy (non-hydrogen) atoms.